The number of nitriles is 1. The van der Waals surface area contributed by atoms with Crippen LogP contribution in [0, 0.1) is 11.3 Å². The molecule has 1 spiro atoms. The molecule has 1 aliphatic carbocycles. The number of aromatic nitrogens is 2. The van der Waals surface area contributed by atoms with Gasteiger partial charge in [0.1, 0.15) is 28.9 Å². The molecule has 4 rings (SSSR count). The van der Waals surface area contributed by atoms with Crippen LogP contribution in [0.5, 0.6) is 11.8 Å². The molecule has 124 valence electrons. The standard InChI is InChI=1S/C17H19N5O2/c1-23-12-8-10-11(9-18)16(24-2)20-15-13(10)14(19-12)21-17(22-15)6-4-3-5-7-17/h8H,3-7H2,1-2H3,(H,19,21)(H,20,22). The Morgan fingerprint density at radius 1 is 1.08 bits per heavy atom. The van der Waals surface area contributed by atoms with Crippen molar-refractivity contribution in [1.29, 1.82) is 5.26 Å². The normalized spacial score (nSPS) is 17.7. The average Bonchev–Trinajstić information content (AvgIpc) is 2.61. The molecule has 2 aromatic heterocycles. The van der Waals surface area contributed by atoms with Crippen molar-refractivity contribution in [1.82, 2.24) is 9.97 Å². The van der Waals surface area contributed by atoms with Crippen LogP contribution in [0.15, 0.2) is 6.07 Å². The van der Waals surface area contributed by atoms with Crippen molar-refractivity contribution >= 4 is 22.4 Å². The van der Waals surface area contributed by atoms with E-state index < -0.39 is 0 Å². The Kier molecular flexibility index (Phi) is 3.34. The van der Waals surface area contributed by atoms with Crippen LogP contribution >= 0.6 is 0 Å². The van der Waals surface area contributed by atoms with Crippen LogP contribution in [0.4, 0.5) is 11.6 Å². The summed E-state index contributed by atoms with van der Waals surface area (Å²) in [5.74, 6) is 2.21. The fourth-order valence-corrected chi connectivity index (χ4v) is 3.72. The molecule has 0 aromatic carbocycles. The molecule has 1 saturated carbocycles. The van der Waals surface area contributed by atoms with Crippen LogP contribution in [0.1, 0.15) is 37.7 Å². The van der Waals surface area contributed by atoms with Gasteiger partial charge < -0.3 is 20.1 Å². The van der Waals surface area contributed by atoms with Gasteiger partial charge in [-0.3, -0.25) is 0 Å². The Labute approximate surface area is 140 Å². The van der Waals surface area contributed by atoms with E-state index in [1.807, 2.05) is 0 Å². The first-order valence-corrected chi connectivity index (χ1v) is 8.13. The number of anilines is 2. The molecule has 0 unspecified atom stereocenters. The van der Waals surface area contributed by atoms with E-state index in [-0.39, 0.29) is 5.66 Å². The largest absolute Gasteiger partial charge is 0.481 e. The SMILES string of the molecule is COc1cc2c(C#N)c(OC)nc3c2c(n1)NC1(CCCCC1)N3. The van der Waals surface area contributed by atoms with Gasteiger partial charge in [0, 0.05) is 11.5 Å². The molecule has 1 aliphatic heterocycles. The Bertz CT molecular complexity index is 838. The van der Waals surface area contributed by atoms with Crippen molar-refractivity contribution in [2.75, 3.05) is 24.9 Å². The molecular formula is C17H19N5O2. The third-order valence-electron chi connectivity index (χ3n) is 4.87. The average molecular weight is 325 g/mol. The van der Waals surface area contributed by atoms with Crippen molar-refractivity contribution in [2.45, 2.75) is 37.8 Å². The molecule has 0 amide bonds. The van der Waals surface area contributed by atoms with Gasteiger partial charge in [-0.05, 0) is 25.7 Å². The van der Waals surface area contributed by atoms with Gasteiger partial charge in [-0.1, -0.05) is 6.42 Å². The minimum Gasteiger partial charge on any atom is -0.481 e. The first kappa shape index (κ1) is 14.8. The summed E-state index contributed by atoms with van der Waals surface area (Å²) < 4.78 is 10.7. The maximum absolute atomic E-state index is 9.55. The predicted molar refractivity (Wildman–Crippen MR) is 90.4 cm³/mol. The Morgan fingerprint density at radius 2 is 1.79 bits per heavy atom. The first-order chi connectivity index (χ1) is 11.7. The predicted octanol–water partition coefficient (Wildman–Crippen LogP) is 3.02. The zero-order chi connectivity index (χ0) is 16.7. The smallest absolute Gasteiger partial charge is 0.234 e. The van der Waals surface area contributed by atoms with E-state index >= 15 is 0 Å². The minimum atomic E-state index is -0.246. The number of hydrogen-bond donors (Lipinski definition) is 2. The first-order valence-electron chi connectivity index (χ1n) is 8.13. The summed E-state index contributed by atoms with van der Waals surface area (Å²) in [4.78, 5) is 9.12. The molecule has 24 heavy (non-hydrogen) atoms. The van der Waals surface area contributed by atoms with Crippen LogP contribution < -0.4 is 20.1 Å². The van der Waals surface area contributed by atoms with Gasteiger partial charge in [-0.2, -0.15) is 15.2 Å². The van der Waals surface area contributed by atoms with E-state index in [4.69, 9.17) is 9.47 Å². The summed E-state index contributed by atoms with van der Waals surface area (Å²) in [6.45, 7) is 0. The van der Waals surface area contributed by atoms with Gasteiger partial charge in [-0.15, -0.1) is 0 Å². The van der Waals surface area contributed by atoms with Gasteiger partial charge in [0.25, 0.3) is 0 Å². The summed E-state index contributed by atoms with van der Waals surface area (Å²) >= 11 is 0. The molecule has 0 atom stereocenters. The van der Waals surface area contributed by atoms with Gasteiger partial charge in [0.05, 0.1) is 19.6 Å². The zero-order valence-electron chi connectivity index (χ0n) is 13.8. The minimum absolute atomic E-state index is 0.246. The van der Waals surface area contributed by atoms with E-state index in [0.29, 0.717) is 29.0 Å². The maximum Gasteiger partial charge on any atom is 0.234 e. The van der Waals surface area contributed by atoms with Gasteiger partial charge in [0.2, 0.25) is 11.8 Å². The topological polar surface area (TPSA) is 92.1 Å². The lowest BCUT2D eigenvalue weighted by atomic mass is 9.87. The van der Waals surface area contributed by atoms with Crippen LogP contribution in [0.3, 0.4) is 0 Å². The molecule has 0 bridgehead atoms. The quantitative estimate of drug-likeness (QED) is 0.876. The van der Waals surface area contributed by atoms with E-state index in [9.17, 15) is 5.26 Å². The molecule has 0 saturated heterocycles. The fraction of sp³-hybridized carbons (Fsp3) is 0.471. The molecule has 3 heterocycles. The summed E-state index contributed by atoms with van der Waals surface area (Å²) in [6, 6.07) is 3.95. The van der Waals surface area contributed by atoms with Crippen molar-refractivity contribution in [3.63, 3.8) is 0 Å². The number of nitrogens with zero attached hydrogens (tertiary/aromatic N) is 3. The summed E-state index contributed by atoms with van der Waals surface area (Å²) in [5, 5.41) is 18.2. The summed E-state index contributed by atoms with van der Waals surface area (Å²) in [6.07, 6.45) is 5.53. The maximum atomic E-state index is 9.55. The van der Waals surface area contributed by atoms with Gasteiger partial charge in [0.15, 0.2) is 0 Å². The third-order valence-corrected chi connectivity index (χ3v) is 4.87. The highest BCUT2D eigenvalue weighted by atomic mass is 16.5. The molecule has 2 aromatic rings. The van der Waals surface area contributed by atoms with Crippen molar-refractivity contribution in [3.8, 4) is 17.8 Å². The molecule has 2 N–H and O–H groups in total. The lowest BCUT2D eigenvalue weighted by Gasteiger charge is -2.43. The second-order valence-electron chi connectivity index (χ2n) is 6.29. The van der Waals surface area contributed by atoms with Crippen molar-refractivity contribution in [3.05, 3.63) is 11.6 Å². The molecule has 1 fully saturated rings. The Balaban J connectivity index is 1.99. The second-order valence-corrected chi connectivity index (χ2v) is 6.29. The van der Waals surface area contributed by atoms with E-state index in [1.165, 1.54) is 13.5 Å². The zero-order valence-corrected chi connectivity index (χ0v) is 13.8. The molecule has 7 nitrogen and oxygen atoms in total. The lowest BCUT2D eigenvalue weighted by molar-refractivity contribution is 0.353. The monoisotopic (exact) mass is 325 g/mol. The van der Waals surface area contributed by atoms with Gasteiger partial charge >= 0.3 is 0 Å². The third kappa shape index (κ3) is 2.10. The second kappa shape index (κ2) is 5.41. The number of nitrogens with one attached hydrogen (secondary N) is 2. The number of ether oxygens (including phenoxy) is 2. The molecule has 0 radical (unpaired) electrons. The number of methoxy groups -OCH3 is 2. The number of pyridine rings is 2. The van der Waals surface area contributed by atoms with Crippen molar-refractivity contribution < 1.29 is 9.47 Å². The van der Waals surface area contributed by atoms with E-state index in [1.54, 1.807) is 13.2 Å². The highest BCUT2D eigenvalue weighted by molar-refractivity contribution is 6.06. The lowest BCUT2D eigenvalue weighted by Crippen LogP contribution is -2.50. The van der Waals surface area contributed by atoms with E-state index in [2.05, 4.69) is 26.7 Å². The Hall–Kier alpha value is -2.75. The van der Waals surface area contributed by atoms with Crippen LogP contribution in [0.2, 0.25) is 0 Å². The highest BCUT2D eigenvalue weighted by Gasteiger charge is 2.38. The number of hydrogen-bond acceptors (Lipinski definition) is 7. The molecule has 2 aliphatic rings. The summed E-state index contributed by atoms with van der Waals surface area (Å²) in [7, 11) is 3.10. The fourth-order valence-electron chi connectivity index (χ4n) is 3.72. The number of rotatable bonds is 2. The van der Waals surface area contributed by atoms with Gasteiger partial charge in [-0.25, -0.2) is 0 Å². The molecular weight excluding hydrogens is 306 g/mol. The van der Waals surface area contributed by atoms with Crippen molar-refractivity contribution in [2.24, 2.45) is 0 Å². The van der Waals surface area contributed by atoms with E-state index in [0.717, 1.165) is 36.5 Å². The van der Waals surface area contributed by atoms with Crippen LogP contribution in [-0.4, -0.2) is 29.9 Å². The highest BCUT2D eigenvalue weighted by Crippen LogP contribution is 2.44. The Morgan fingerprint density at radius 3 is 2.42 bits per heavy atom. The van der Waals surface area contributed by atoms with Crippen LogP contribution in [0.25, 0.3) is 10.8 Å². The summed E-state index contributed by atoms with van der Waals surface area (Å²) in [5.41, 5.74) is 0.144. The van der Waals surface area contributed by atoms with Crippen LogP contribution in [-0.2, 0) is 0 Å². The molecule has 7 heteroatoms.